The van der Waals surface area contributed by atoms with Gasteiger partial charge in [0.05, 0.1) is 0 Å². The largest absolute Gasteiger partial charge is 0.369 e. The smallest absolute Gasteiger partial charge is 0.246 e. The number of rotatable bonds is 1. The van der Waals surface area contributed by atoms with Gasteiger partial charge in [-0.1, -0.05) is 18.2 Å². The van der Waals surface area contributed by atoms with Gasteiger partial charge in [-0.05, 0) is 29.4 Å². The first-order chi connectivity index (χ1) is 11.2. The second kappa shape index (κ2) is 5.43. The van der Waals surface area contributed by atoms with Gasteiger partial charge in [-0.3, -0.25) is 4.99 Å². The summed E-state index contributed by atoms with van der Waals surface area (Å²) in [6.07, 6.45) is 1.86. The number of nitrogens with zero attached hydrogens (tertiary/aromatic N) is 4. The van der Waals surface area contributed by atoms with Gasteiger partial charge >= 0.3 is 0 Å². The summed E-state index contributed by atoms with van der Waals surface area (Å²) >= 11 is 0. The zero-order valence-corrected chi connectivity index (χ0v) is 14.3. The number of aromatic nitrogens is 3. The fraction of sp³-hybridized carbons (Fsp3) is 0.235. The molecule has 1 N–H and O–H groups in total. The van der Waals surface area contributed by atoms with Crippen molar-refractivity contribution in [1.29, 1.82) is 0 Å². The Morgan fingerprint density at radius 2 is 2.22 bits per heavy atom. The van der Waals surface area contributed by atoms with E-state index in [-0.39, 0.29) is 0 Å². The number of hydrogen-bond acceptors (Lipinski definition) is 4. The lowest BCUT2D eigenvalue weighted by molar-refractivity contribution is 0.779. The number of pyridine rings is 1. The molecule has 5 nitrogen and oxygen atoms in total. The Kier molecular flexibility index (Phi) is 3.38. The van der Waals surface area contributed by atoms with Gasteiger partial charge < -0.3 is 9.88 Å². The van der Waals surface area contributed by atoms with E-state index in [0.717, 1.165) is 30.3 Å². The van der Waals surface area contributed by atoms with E-state index < -0.39 is 0 Å². The van der Waals surface area contributed by atoms with Crippen LogP contribution in [0.4, 0.5) is 5.82 Å². The molecule has 0 spiro atoms. The normalized spacial score (nSPS) is 14.1. The minimum Gasteiger partial charge on any atom is -0.369 e. The Morgan fingerprint density at radius 1 is 1.35 bits per heavy atom. The Labute approximate surface area is 137 Å². The maximum Gasteiger partial charge on any atom is 0.246 e. The fourth-order valence-corrected chi connectivity index (χ4v) is 3.71. The van der Waals surface area contributed by atoms with E-state index in [1.807, 2.05) is 6.20 Å². The molecule has 3 aliphatic heterocycles. The summed E-state index contributed by atoms with van der Waals surface area (Å²) in [6.45, 7) is 3.96. The fourth-order valence-electron chi connectivity index (χ4n) is 3.22. The van der Waals surface area contributed by atoms with Crippen molar-refractivity contribution in [1.82, 2.24) is 14.5 Å². The van der Waals surface area contributed by atoms with Gasteiger partial charge in [0, 0.05) is 37.5 Å². The Morgan fingerprint density at radius 3 is 3.00 bits per heavy atom. The van der Waals surface area contributed by atoms with Crippen LogP contribution in [0.5, 0.6) is 0 Å². The molecule has 0 saturated heterocycles. The minimum atomic E-state index is 0.523. The molecule has 1 unspecified atom stereocenters. The number of hydrogen-bond donors (Lipinski definition) is 1. The minimum absolute atomic E-state index is 0.523. The third-order valence-electron chi connectivity index (χ3n) is 4.27. The lowest BCUT2D eigenvalue weighted by Crippen LogP contribution is -2.17. The molecule has 0 bridgehead atoms. The van der Waals surface area contributed by atoms with Crippen molar-refractivity contribution in [2.75, 3.05) is 18.9 Å². The molecule has 3 aliphatic rings. The van der Waals surface area contributed by atoms with Crippen molar-refractivity contribution < 1.29 is 0 Å². The molecule has 6 heteroatoms. The van der Waals surface area contributed by atoms with Gasteiger partial charge in [0.15, 0.2) is 0 Å². The quantitative estimate of drug-likeness (QED) is 0.695. The van der Waals surface area contributed by atoms with E-state index in [1.54, 1.807) is 7.05 Å². The molecule has 1 aromatic rings. The van der Waals surface area contributed by atoms with E-state index >= 15 is 0 Å². The van der Waals surface area contributed by atoms with Crippen molar-refractivity contribution in [3.63, 3.8) is 0 Å². The number of benzene rings is 1. The standard InChI is InChI=1S/C17H18N5P/c1-10-4-3-5-13(23)14(10)12-8-11-9-20-17(18-2)21-15(11)22-7-6-19-16(12)22/h3-5,8-9,19H,6-7,23H2,1-2H3. The second-order valence-electron chi connectivity index (χ2n) is 5.70. The molecule has 0 aromatic heterocycles. The zero-order chi connectivity index (χ0) is 16.0. The van der Waals surface area contributed by atoms with Gasteiger partial charge in [-0.2, -0.15) is 4.98 Å². The molecule has 116 valence electrons. The molecular weight excluding hydrogens is 305 g/mol. The van der Waals surface area contributed by atoms with Gasteiger partial charge in [0.1, 0.15) is 11.6 Å². The van der Waals surface area contributed by atoms with Crippen molar-refractivity contribution >= 4 is 20.4 Å². The van der Waals surface area contributed by atoms with Gasteiger partial charge in [-0.25, -0.2) is 4.98 Å². The second-order valence-corrected chi connectivity index (χ2v) is 6.32. The van der Waals surface area contributed by atoms with Crippen molar-refractivity contribution in [3.05, 3.63) is 41.6 Å². The van der Waals surface area contributed by atoms with Crippen molar-refractivity contribution in [2.45, 2.75) is 13.5 Å². The molecule has 0 radical (unpaired) electrons. The number of nitrogens with one attached hydrogen (secondary N) is 1. The zero-order valence-electron chi connectivity index (χ0n) is 13.2. The molecule has 0 saturated carbocycles. The van der Waals surface area contributed by atoms with E-state index in [9.17, 15) is 0 Å². The Balaban J connectivity index is 2.09. The van der Waals surface area contributed by atoms with Crippen LogP contribution in [-0.4, -0.2) is 28.1 Å². The van der Waals surface area contributed by atoms with Crippen LogP contribution in [0.3, 0.4) is 0 Å². The highest BCUT2D eigenvalue weighted by Crippen LogP contribution is 2.37. The summed E-state index contributed by atoms with van der Waals surface area (Å²) in [5.74, 6) is 2.06. The maximum absolute atomic E-state index is 4.58. The summed E-state index contributed by atoms with van der Waals surface area (Å²) in [7, 11) is 4.56. The third kappa shape index (κ3) is 2.23. The van der Waals surface area contributed by atoms with Gasteiger partial charge in [-0.15, -0.1) is 9.24 Å². The van der Waals surface area contributed by atoms with Crippen LogP contribution in [-0.2, 0) is 6.54 Å². The van der Waals surface area contributed by atoms with Crippen LogP contribution in [0, 0.1) is 6.92 Å². The molecule has 3 heterocycles. The highest BCUT2D eigenvalue weighted by molar-refractivity contribution is 7.28. The van der Waals surface area contributed by atoms with E-state index in [4.69, 9.17) is 0 Å². The van der Waals surface area contributed by atoms with Crippen LogP contribution < -0.4 is 16.2 Å². The predicted octanol–water partition coefficient (Wildman–Crippen LogP) is 1.81. The molecule has 1 aromatic carbocycles. The maximum atomic E-state index is 4.58. The van der Waals surface area contributed by atoms with Gasteiger partial charge in [0.2, 0.25) is 5.62 Å². The van der Waals surface area contributed by atoms with Crippen LogP contribution in [0.15, 0.2) is 35.5 Å². The summed E-state index contributed by atoms with van der Waals surface area (Å²) in [5, 5.41) is 4.71. The first kappa shape index (κ1) is 14.3. The number of anilines is 1. The van der Waals surface area contributed by atoms with Crippen LogP contribution in [0.25, 0.3) is 22.5 Å². The summed E-state index contributed by atoms with van der Waals surface area (Å²) in [6, 6.07) is 8.53. The molecule has 0 fully saturated rings. The Hall–Kier alpha value is -2.26. The Bertz CT molecular complexity index is 924. The molecule has 1 atom stereocenters. The highest BCUT2D eigenvalue weighted by Gasteiger charge is 2.23. The van der Waals surface area contributed by atoms with Crippen LogP contribution in [0.2, 0.25) is 0 Å². The number of fused-ring (bicyclic) bond motifs is 3. The third-order valence-corrected chi connectivity index (χ3v) is 4.75. The van der Waals surface area contributed by atoms with E-state index in [0.29, 0.717) is 5.62 Å². The van der Waals surface area contributed by atoms with E-state index in [2.05, 4.69) is 65.3 Å². The molecular formula is C17H18N5P. The molecule has 0 amide bonds. The number of aryl methyl sites for hydroxylation is 1. The lowest BCUT2D eigenvalue weighted by Gasteiger charge is -2.19. The molecule has 23 heavy (non-hydrogen) atoms. The summed E-state index contributed by atoms with van der Waals surface area (Å²) in [4.78, 5) is 13.0. The summed E-state index contributed by atoms with van der Waals surface area (Å²) < 4.78 is 2.23. The first-order valence-corrected chi connectivity index (χ1v) is 8.19. The highest BCUT2D eigenvalue weighted by atomic mass is 31.0. The van der Waals surface area contributed by atoms with E-state index in [1.165, 1.54) is 22.0 Å². The molecule has 4 rings (SSSR count). The SMILES string of the molecule is CN=c1ncc2cc(-c3c(C)cccc3P)c3n(c-2n1)CCN3. The average Bonchev–Trinajstić information content (AvgIpc) is 3.04. The van der Waals surface area contributed by atoms with Crippen LogP contribution in [0.1, 0.15) is 5.56 Å². The molecule has 0 aliphatic carbocycles. The van der Waals surface area contributed by atoms with Crippen LogP contribution >= 0.6 is 9.24 Å². The predicted molar refractivity (Wildman–Crippen MR) is 96.1 cm³/mol. The first-order valence-electron chi connectivity index (χ1n) is 7.62. The van der Waals surface area contributed by atoms with Gasteiger partial charge in [0.25, 0.3) is 0 Å². The van der Waals surface area contributed by atoms with Crippen molar-refractivity contribution in [3.8, 4) is 22.5 Å². The topological polar surface area (TPSA) is 55.1 Å². The monoisotopic (exact) mass is 323 g/mol. The summed E-state index contributed by atoms with van der Waals surface area (Å²) in [5.41, 5.74) is 5.26. The average molecular weight is 323 g/mol. The lowest BCUT2D eigenvalue weighted by atomic mass is 9.99. The van der Waals surface area contributed by atoms with Crippen molar-refractivity contribution in [2.24, 2.45) is 4.99 Å².